The van der Waals surface area contributed by atoms with E-state index in [2.05, 4.69) is 0 Å². The first-order valence-corrected chi connectivity index (χ1v) is 5.32. The Morgan fingerprint density at radius 3 is 3.00 bits per heavy atom. The molecule has 1 unspecified atom stereocenters. The molecule has 0 aliphatic carbocycles. The lowest BCUT2D eigenvalue weighted by Gasteiger charge is -2.13. The van der Waals surface area contributed by atoms with Gasteiger partial charge in [0, 0.05) is 23.6 Å². The van der Waals surface area contributed by atoms with Crippen LogP contribution >= 0.6 is 0 Å². The average Bonchev–Trinajstić information content (AvgIpc) is 2.59. The summed E-state index contributed by atoms with van der Waals surface area (Å²) in [6.45, 7) is 4.55. The number of phenolic OH excluding ortho intramolecular Hbond substituents is 1. The monoisotopic (exact) mass is 207 g/mol. The molecule has 1 aromatic rings. The van der Waals surface area contributed by atoms with Gasteiger partial charge in [0.25, 0.3) is 0 Å². The van der Waals surface area contributed by atoms with Gasteiger partial charge < -0.3 is 15.6 Å². The van der Waals surface area contributed by atoms with Crippen LogP contribution in [0.2, 0.25) is 0 Å². The molecule has 0 spiro atoms. The van der Waals surface area contributed by atoms with Gasteiger partial charge in [-0.25, -0.2) is 0 Å². The topological polar surface area (TPSA) is 55.5 Å². The zero-order valence-corrected chi connectivity index (χ0v) is 9.21. The first kappa shape index (κ1) is 10.3. The van der Waals surface area contributed by atoms with Crippen molar-refractivity contribution in [1.82, 2.24) is 0 Å². The smallest absolute Gasteiger partial charge is 0.123 e. The van der Waals surface area contributed by atoms with Gasteiger partial charge in [0.05, 0.1) is 6.61 Å². The van der Waals surface area contributed by atoms with E-state index >= 15 is 0 Å². The van der Waals surface area contributed by atoms with Crippen LogP contribution in [0, 0.1) is 6.92 Å². The largest absolute Gasteiger partial charge is 0.507 e. The van der Waals surface area contributed by atoms with Crippen LogP contribution in [0.1, 0.15) is 23.6 Å². The summed E-state index contributed by atoms with van der Waals surface area (Å²) in [5, 5.41) is 10.00. The highest BCUT2D eigenvalue weighted by molar-refractivity contribution is 5.54. The lowest BCUT2D eigenvalue weighted by molar-refractivity contribution is 0.356. The summed E-state index contributed by atoms with van der Waals surface area (Å²) in [6.07, 6.45) is 1.59. The van der Waals surface area contributed by atoms with Crippen LogP contribution in [0.15, 0.2) is 6.07 Å². The van der Waals surface area contributed by atoms with Gasteiger partial charge in [-0.15, -0.1) is 0 Å². The first-order valence-electron chi connectivity index (χ1n) is 5.32. The van der Waals surface area contributed by atoms with Crippen molar-refractivity contribution in [3.05, 3.63) is 22.8 Å². The van der Waals surface area contributed by atoms with Crippen molar-refractivity contribution < 1.29 is 9.84 Å². The number of nitrogens with two attached hydrogens (primary N) is 1. The molecule has 1 atom stereocenters. The quantitative estimate of drug-likeness (QED) is 0.773. The zero-order chi connectivity index (χ0) is 11.0. The Hall–Kier alpha value is -1.22. The van der Waals surface area contributed by atoms with Gasteiger partial charge in [0.1, 0.15) is 11.5 Å². The first-order chi connectivity index (χ1) is 7.09. The van der Waals surface area contributed by atoms with Crippen molar-refractivity contribution in [3.8, 4) is 11.5 Å². The lowest BCUT2D eigenvalue weighted by atomic mass is 9.96. The second-order valence-electron chi connectivity index (χ2n) is 4.28. The van der Waals surface area contributed by atoms with E-state index in [9.17, 15) is 5.11 Å². The molecule has 82 valence electrons. The van der Waals surface area contributed by atoms with E-state index in [1.807, 2.05) is 19.9 Å². The summed E-state index contributed by atoms with van der Waals surface area (Å²) in [7, 11) is 0. The third kappa shape index (κ3) is 1.79. The molecule has 0 bridgehead atoms. The number of ether oxygens (including phenoxy) is 1. The molecule has 0 saturated heterocycles. The molecule has 0 aromatic heterocycles. The van der Waals surface area contributed by atoms with E-state index < -0.39 is 0 Å². The van der Waals surface area contributed by atoms with Gasteiger partial charge in [-0.05, 0) is 31.9 Å². The molecule has 1 aromatic carbocycles. The molecule has 0 amide bonds. The zero-order valence-electron chi connectivity index (χ0n) is 9.21. The predicted molar refractivity (Wildman–Crippen MR) is 59.4 cm³/mol. The average molecular weight is 207 g/mol. The minimum atomic E-state index is 0.0578. The van der Waals surface area contributed by atoms with Crippen LogP contribution in [0.4, 0.5) is 0 Å². The summed E-state index contributed by atoms with van der Waals surface area (Å²) in [4.78, 5) is 0. The second-order valence-corrected chi connectivity index (χ2v) is 4.28. The molecule has 0 fully saturated rings. The summed E-state index contributed by atoms with van der Waals surface area (Å²) < 4.78 is 5.50. The molecular weight excluding hydrogens is 190 g/mol. The van der Waals surface area contributed by atoms with Gasteiger partial charge in [0.15, 0.2) is 0 Å². The van der Waals surface area contributed by atoms with E-state index in [0.717, 1.165) is 28.9 Å². The standard InChI is InChI=1S/C12H17NO2/c1-7-5-11-9(3-4-15-11)10(12(7)14)6-8(2)13/h5,8,14H,3-4,6,13H2,1-2H3. The van der Waals surface area contributed by atoms with Crippen molar-refractivity contribution in [2.45, 2.75) is 32.7 Å². The minimum Gasteiger partial charge on any atom is -0.507 e. The van der Waals surface area contributed by atoms with Crippen molar-refractivity contribution in [1.29, 1.82) is 0 Å². The van der Waals surface area contributed by atoms with E-state index in [0.29, 0.717) is 18.8 Å². The summed E-state index contributed by atoms with van der Waals surface area (Å²) in [6, 6.07) is 1.96. The van der Waals surface area contributed by atoms with Crippen molar-refractivity contribution in [2.24, 2.45) is 5.73 Å². The van der Waals surface area contributed by atoms with Crippen LogP contribution in [0.3, 0.4) is 0 Å². The van der Waals surface area contributed by atoms with Gasteiger partial charge >= 0.3 is 0 Å². The Bertz CT molecular complexity index is 386. The van der Waals surface area contributed by atoms with Crippen molar-refractivity contribution in [3.63, 3.8) is 0 Å². The minimum absolute atomic E-state index is 0.0578. The van der Waals surface area contributed by atoms with Crippen LogP contribution < -0.4 is 10.5 Å². The third-order valence-corrected chi connectivity index (χ3v) is 2.80. The fourth-order valence-electron chi connectivity index (χ4n) is 2.09. The molecule has 0 saturated carbocycles. The highest BCUT2D eigenvalue weighted by Crippen LogP contribution is 2.37. The summed E-state index contributed by atoms with van der Waals surface area (Å²) in [5.74, 6) is 1.30. The Morgan fingerprint density at radius 2 is 2.33 bits per heavy atom. The lowest BCUT2D eigenvalue weighted by Crippen LogP contribution is -2.18. The summed E-state index contributed by atoms with van der Waals surface area (Å²) in [5.41, 5.74) is 8.76. The highest BCUT2D eigenvalue weighted by atomic mass is 16.5. The van der Waals surface area contributed by atoms with Gasteiger partial charge in [-0.1, -0.05) is 0 Å². The van der Waals surface area contributed by atoms with E-state index in [4.69, 9.17) is 10.5 Å². The molecule has 3 nitrogen and oxygen atoms in total. The molecule has 0 radical (unpaired) electrons. The van der Waals surface area contributed by atoms with Gasteiger partial charge in [0.2, 0.25) is 0 Å². The maximum atomic E-state index is 10.00. The van der Waals surface area contributed by atoms with E-state index in [1.165, 1.54) is 0 Å². The maximum Gasteiger partial charge on any atom is 0.123 e. The normalized spacial score (nSPS) is 15.9. The fraction of sp³-hybridized carbons (Fsp3) is 0.500. The third-order valence-electron chi connectivity index (χ3n) is 2.80. The van der Waals surface area contributed by atoms with Crippen LogP contribution in [-0.2, 0) is 12.8 Å². The van der Waals surface area contributed by atoms with E-state index in [1.54, 1.807) is 0 Å². The Morgan fingerprint density at radius 1 is 1.60 bits per heavy atom. The summed E-state index contributed by atoms with van der Waals surface area (Å²) >= 11 is 0. The van der Waals surface area contributed by atoms with Crippen LogP contribution in [0.25, 0.3) is 0 Å². The highest BCUT2D eigenvalue weighted by Gasteiger charge is 2.21. The number of aromatic hydroxyl groups is 1. The second kappa shape index (κ2) is 3.74. The van der Waals surface area contributed by atoms with Gasteiger partial charge in [-0.2, -0.15) is 0 Å². The maximum absolute atomic E-state index is 10.00. The molecule has 3 N–H and O–H groups in total. The molecule has 2 rings (SSSR count). The molecule has 15 heavy (non-hydrogen) atoms. The molecule has 3 heteroatoms. The number of rotatable bonds is 2. The van der Waals surface area contributed by atoms with Crippen LogP contribution in [0.5, 0.6) is 11.5 Å². The predicted octanol–water partition coefficient (Wildman–Crippen LogP) is 1.53. The van der Waals surface area contributed by atoms with Crippen LogP contribution in [-0.4, -0.2) is 17.8 Å². The Labute approximate surface area is 89.9 Å². The number of phenols is 1. The number of hydrogen-bond acceptors (Lipinski definition) is 3. The number of aryl methyl sites for hydroxylation is 1. The van der Waals surface area contributed by atoms with Crippen molar-refractivity contribution in [2.75, 3.05) is 6.61 Å². The fourth-order valence-corrected chi connectivity index (χ4v) is 2.09. The molecule has 1 heterocycles. The van der Waals surface area contributed by atoms with Crippen molar-refractivity contribution >= 4 is 0 Å². The number of fused-ring (bicyclic) bond motifs is 1. The SMILES string of the molecule is Cc1cc2c(c(CC(C)N)c1O)CCO2. The molecular formula is C12H17NO2. The Kier molecular flexibility index (Phi) is 2.57. The number of hydrogen-bond donors (Lipinski definition) is 2. The Balaban J connectivity index is 2.50. The van der Waals surface area contributed by atoms with E-state index in [-0.39, 0.29) is 6.04 Å². The molecule has 1 aliphatic heterocycles. The van der Waals surface area contributed by atoms with Gasteiger partial charge in [-0.3, -0.25) is 0 Å². The molecule has 1 aliphatic rings. The number of benzene rings is 1.